The van der Waals surface area contributed by atoms with Crippen molar-refractivity contribution >= 4 is 0 Å². The van der Waals surface area contributed by atoms with E-state index in [1.54, 1.807) is 0 Å². The summed E-state index contributed by atoms with van der Waals surface area (Å²) in [6, 6.07) is 5.59. The van der Waals surface area contributed by atoms with E-state index in [1.165, 1.54) is 18.2 Å². The molecule has 1 N–H and O–H groups in total. The average Bonchev–Trinajstić information content (AvgIpc) is 2.33. The molecule has 0 aliphatic rings. The molecule has 1 rings (SSSR count). The van der Waals surface area contributed by atoms with Gasteiger partial charge in [0.25, 0.3) is 0 Å². The molecule has 1 unspecified atom stereocenters. The first-order valence-electron chi connectivity index (χ1n) is 5.97. The number of rotatable bonds is 6. The first-order valence-corrected chi connectivity index (χ1v) is 5.97. The molecular formula is C13H18F3NO. The number of benzene rings is 1. The minimum Gasteiger partial charge on any atom is -0.492 e. The summed E-state index contributed by atoms with van der Waals surface area (Å²) in [6.07, 6.45) is -3.40. The van der Waals surface area contributed by atoms with E-state index in [0.717, 1.165) is 12.5 Å². The fourth-order valence-electron chi connectivity index (χ4n) is 1.44. The molecule has 18 heavy (non-hydrogen) atoms. The second kappa shape index (κ2) is 6.64. The Morgan fingerprint density at radius 3 is 2.56 bits per heavy atom. The van der Waals surface area contributed by atoms with Crippen molar-refractivity contribution in [1.82, 2.24) is 5.32 Å². The van der Waals surface area contributed by atoms with Crippen LogP contribution in [0.3, 0.4) is 0 Å². The maximum Gasteiger partial charge on any atom is 0.419 e. The van der Waals surface area contributed by atoms with Crippen molar-refractivity contribution in [2.75, 3.05) is 13.2 Å². The molecule has 0 aromatic heterocycles. The van der Waals surface area contributed by atoms with Gasteiger partial charge in [0.2, 0.25) is 0 Å². The first kappa shape index (κ1) is 14.8. The van der Waals surface area contributed by atoms with Crippen molar-refractivity contribution in [1.29, 1.82) is 0 Å². The highest BCUT2D eigenvalue weighted by Gasteiger charge is 2.33. The van der Waals surface area contributed by atoms with Crippen molar-refractivity contribution in [2.24, 2.45) is 0 Å². The molecule has 0 fully saturated rings. The molecule has 1 aromatic carbocycles. The molecule has 0 radical (unpaired) electrons. The normalized spacial score (nSPS) is 13.4. The molecule has 102 valence electrons. The van der Waals surface area contributed by atoms with Gasteiger partial charge in [-0.15, -0.1) is 0 Å². The van der Waals surface area contributed by atoms with E-state index in [2.05, 4.69) is 5.32 Å². The number of halogens is 3. The lowest BCUT2D eigenvalue weighted by atomic mass is 10.2. The van der Waals surface area contributed by atoms with Crippen LogP contribution in [0.25, 0.3) is 0 Å². The van der Waals surface area contributed by atoms with Gasteiger partial charge in [0.1, 0.15) is 12.4 Å². The summed E-state index contributed by atoms with van der Waals surface area (Å²) in [7, 11) is 0. The lowest BCUT2D eigenvalue weighted by Gasteiger charge is -2.15. The zero-order valence-electron chi connectivity index (χ0n) is 10.6. The Labute approximate surface area is 105 Å². The number of nitrogens with one attached hydrogen (secondary N) is 1. The molecule has 2 nitrogen and oxygen atoms in total. The highest BCUT2D eigenvalue weighted by Crippen LogP contribution is 2.35. The zero-order valence-corrected chi connectivity index (χ0v) is 10.6. The summed E-state index contributed by atoms with van der Waals surface area (Å²) >= 11 is 0. The molecule has 0 amide bonds. The summed E-state index contributed by atoms with van der Waals surface area (Å²) < 4.78 is 43.1. The van der Waals surface area contributed by atoms with Gasteiger partial charge in [-0.25, -0.2) is 0 Å². The highest BCUT2D eigenvalue weighted by atomic mass is 19.4. The van der Waals surface area contributed by atoms with Crippen LogP contribution in [0.15, 0.2) is 24.3 Å². The van der Waals surface area contributed by atoms with E-state index in [4.69, 9.17) is 4.74 Å². The van der Waals surface area contributed by atoms with E-state index < -0.39 is 11.7 Å². The number of hydrogen-bond acceptors (Lipinski definition) is 2. The van der Waals surface area contributed by atoms with Gasteiger partial charge in [0.05, 0.1) is 5.56 Å². The molecule has 1 aromatic rings. The van der Waals surface area contributed by atoms with Crippen LogP contribution in [0.4, 0.5) is 13.2 Å². The Kier molecular flexibility index (Phi) is 5.47. The first-order chi connectivity index (χ1) is 8.45. The van der Waals surface area contributed by atoms with Gasteiger partial charge in [-0.3, -0.25) is 0 Å². The van der Waals surface area contributed by atoms with Gasteiger partial charge in [-0.05, 0) is 25.5 Å². The number of hydrogen-bond donors (Lipinski definition) is 1. The second-order valence-corrected chi connectivity index (χ2v) is 4.11. The van der Waals surface area contributed by atoms with Gasteiger partial charge in [-0.2, -0.15) is 13.2 Å². The van der Waals surface area contributed by atoms with E-state index >= 15 is 0 Å². The minimum absolute atomic E-state index is 0.115. The van der Waals surface area contributed by atoms with E-state index in [-0.39, 0.29) is 12.4 Å². The van der Waals surface area contributed by atoms with E-state index in [1.807, 2.05) is 13.8 Å². The van der Waals surface area contributed by atoms with Crippen LogP contribution in [0.1, 0.15) is 25.8 Å². The Morgan fingerprint density at radius 1 is 1.28 bits per heavy atom. The summed E-state index contributed by atoms with van der Waals surface area (Å²) in [5.41, 5.74) is -0.728. The molecule has 0 aliphatic heterocycles. The molecule has 0 saturated carbocycles. The van der Waals surface area contributed by atoms with E-state index in [0.29, 0.717) is 12.6 Å². The third-order valence-electron chi connectivity index (χ3n) is 2.66. The maximum absolute atomic E-state index is 12.6. The Balaban J connectivity index is 2.52. The van der Waals surface area contributed by atoms with Crippen LogP contribution in [0.5, 0.6) is 5.75 Å². The van der Waals surface area contributed by atoms with Gasteiger partial charge >= 0.3 is 6.18 Å². The second-order valence-electron chi connectivity index (χ2n) is 4.11. The fraction of sp³-hybridized carbons (Fsp3) is 0.538. The van der Waals surface area contributed by atoms with Crippen molar-refractivity contribution in [3.63, 3.8) is 0 Å². The Bertz CT molecular complexity index is 365. The van der Waals surface area contributed by atoms with Crippen molar-refractivity contribution in [3.8, 4) is 5.75 Å². The molecule has 0 heterocycles. The number of alkyl halides is 3. The van der Waals surface area contributed by atoms with Crippen LogP contribution in [-0.2, 0) is 6.18 Å². The SMILES string of the molecule is CCC(C)NCCOc1ccccc1C(F)(F)F. The van der Waals surface area contributed by atoms with Gasteiger partial charge in [0, 0.05) is 12.6 Å². The lowest BCUT2D eigenvalue weighted by molar-refractivity contribution is -0.138. The Morgan fingerprint density at radius 2 is 1.94 bits per heavy atom. The van der Waals surface area contributed by atoms with Crippen molar-refractivity contribution < 1.29 is 17.9 Å². The van der Waals surface area contributed by atoms with E-state index in [9.17, 15) is 13.2 Å². The van der Waals surface area contributed by atoms with Gasteiger partial charge in [-0.1, -0.05) is 19.1 Å². The third-order valence-corrected chi connectivity index (χ3v) is 2.66. The van der Waals surface area contributed by atoms with Crippen LogP contribution >= 0.6 is 0 Å². The fourth-order valence-corrected chi connectivity index (χ4v) is 1.44. The quantitative estimate of drug-likeness (QED) is 0.792. The van der Waals surface area contributed by atoms with Crippen molar-refractivity contribution in [2.45, 2.75) is 32.5 Å². The lowest BCUT2D eigenvalue weighted by Crippen LogP contribution is -2.29. The topological polar surface area (TPSA) is 21.3 Å². The molecule has 1 atom stereocenters. The largest absolute Gasteiger partial charge is 0.492 e. The predicted octanol–water partition coefficient (Wildman–Crippen LogP) is 3.47. The van der Waals surface area contributed by atoms with Crippen LogP contribution < -0.4 is 10.1 Å². The monoisotopic (exact) mass is 261 g/mol. The molecule has 0 saturated heterocycles. The number of ether oxygens (including phenoxy) is 1. The zero-order chi connectivity index (χ0) is 13.6. The van der Waals surface area contributed by atoms with Gasteiger partial charge < -0.3 is 10.1 Å². The standard InChI is InChI=1S/C13H18F3NO/c1-3-10(2)17-8-9-18-12-7-5-4-6-11(12)13(14,15)16/h4-7,10,17H,3,8-9H2,1-2H3. The smallest absolute Gasteiger partial charge is 0.419 e. The highest BCUT2D eigenvalue weighted by molar-refractivity contribution is 5.35. The third kappa shape index (κ3) is 4.56. The van der Waals surface area contributed by atoms with Crippen LogP contribution in [-0.4, -0.2) is 19.2 Å². The van der Waals surface area contributed by atoms with Crippen molar-refractivity contribution in [3.05, 3.63) is 29.8 Å². The molecule has 0 bridgehead atoms. The number of para-hydroxylation sites is 1. The average molecular weight is 261 g/mol. The molecule has 0 spiro atoms. The molecule has 5 heteroatoms. The summed E-state index contributed by atoms with van der Waals surface area (Å²) in [4.78, 5) is 0. The predicted molar refractivity (Wildman–Crippen MR) is 64.7 cm³/mol. The molecular weight excluding hydrogens is 243 g/mol. The van der Waals surface area contributed by atoms with Crippen LogP contribution in [0, 0.1) is 0 Å². The summed E-state index contributed by atoms with van der Waals surface area (Å²) in [5.74, 6) is -0.115. The molecule has 0 aliphatic carbocycles. The Hall–Kier alpha value is -1.23. The van der Waals surface area contributed by atoms with Crippen LogP contribution in [0.2, 0.25) is 0 Å². The summed E-state index contributed by atoms with van der Waals surface area (Å²) in [5, 5.41) is 3.15. The maximum atomic E-state index is 12.6. The minimum atomic E-state index is -4.37. The summed E-state index contributed by atoms with van der Waals surface area (Å²) in [6.45, 7) is 4.81. The van der Waals surface area contributed by atoms with Gasteiger partial charge in [0.15, 0.2) is 0 Å².